The summed E-state index contributed by atoms with van der Waals surface area (Å²) < 4.78 is 2.99. The minimum Gasteiger partial charge on any atom is -0.297 e. The Balaban J connectivity index is 2.00. The van der Waals surface area contributed by atoms with Gasteiger partial charge in [0.05, 0.1) is 12.3 Å². The molecule has 2 rings (SSSR count). The predicted octanol–water partition coefficient (Wildman–Crippen LogP) is 4.11. The van der Waals surface area contributed by atoms with Crippen molar-refractivity contribution in [2.75, 3.05) is 7.05 Å². The highest BCUT2D eigenvalue weighted by atomic mass is 35.5. The van der Waals surface area contributed by atoms with Gasteiger partial charge in [-0.15, -0.1) is 0 Å². The average molecular weight is 382 g/mol. The molecular weight excluding hydrogens is 362 g/mol. The van der Waals surface area contributed by atoms with E-state index in [9.17, 15) is 4.79 Å². The maximum absolute atomic E-state index is 12.2. The second-order valence-corrected chi connectivity index (χ2v) is 7.92. The van der Waals surface area contributed by atoms with Crippen LogP contribution in [0.4, 0.5) is 4.79 Å². The second kappa shape index (κ2) is 8.35. The zero-order valence-corrected chi connectivity index (χ0v) is 16.1. The van der Waals surface area contributed by atoms with Gasteiger partial charge >= 0.3 is 6.09 Å². The Labute approximate surface area is 156 Å². The molecule has 0 radical (unpaired) electrons. The molecule has 1 amide bonds. The number of benzene rings is 1. The number of nitrogens with zero attached hydrogens (tertiary/aromatic N) is 5. The van der Waals surface area contributed by atoms with Crippen molar-refractivity contribution in [2.45, 2.75) is 32.2 Å². The van der Waals surface area contributed by atoms with Crippen molar-refractivity contribution in [3.05, 3.63) is 41.9 Å². The highest BCUT2D eigenvalue weighted by molar-refractivity contribution is 7.97. The van der Waals surface area contributed by atoms with E-state index in [0.717, 1.165) is 4.90 Å². The van der Waals surface area contributed by atoms with Crippen molar-refractivity contribution in [3.63, 3.8) is 0 Å². The Morgan fingerprint density at radius 1 is 1.36 bits per heavy atom. The minimum atomic E-state index is -0.569. The Morgan fingerprint density at radius 2 is 2.04 bits per heavy atom. The molecule has 1 heterocycles. The van der Waals surface area contributed by atoms with E-state index in [1.807, 2.05) is 32.9 Å². The topological polar surface area (TPSA) is 72.6 Å². The van der Waals surface area contributed by atoms with Gasteiger partial charge < -0.3 is 0 Å². The molecule has 0 aliphatic heterocycles. The summed E-state index contributed by atoms with van der Waals surface area (Å²) in [5.41, 5.74) is 0.393. The van der Waals surface area contributed by atoms with Crippen LogP contribution in [0.2, 0.25) is 5.02 Å². The second-order valence-electron chi connectivity index (χ2n) is 6.28. The molecule has 9 heteroatoms. The standard InChI is InChI=1S/C16H20ClN5O2S/c1-16(2,3)14(9-22-11-18-10-19-22)20-24-15(23)21(4)25-13-7-5-12(17)6-8-13/h5-8,10-11H,9H2,1-4H3. The third kappa shape index (κ3) is 6.06. The first-order valence-corrected chi connectivity index (χ1v) is 8.69. The smallest absolute Gasteiger partial charge is 0.297 e. The number of carbonyl (C=O) groups is 1. The summed E-state index contributed by atoms with van der Waals surface area (Å²) in [4.78, 5) is 22.0. The third-order valence-electron chi connectivity index (χ3n) is 3.19. The van der Waals surface area contributed by atoms with E-state index in [2.05, 4.69) is 15.2 Å². The summed E-state index contributed by atoms with van der Waals surface area (Å²) in [6, 6.07) is 7.17. The van der Waals surface area contributed by atoms with Gasteiger partial charge in [-0.25, -0.2) is 18.8 Å². The van der Waals surface area contributed by atoms with Crippen LogP contribution in [0.5, 0.6) is 0 Å². The van der Waals surface area contributed by atoms with Crippen molar-refractivity contribution in [2.24, 2.45) is 10.6 Å². The Kier molecular flexibility index (Phi) is 6.44. The molecule has 25 heavy (non-hydrogen) atoms. The normalized spacial score (nSPS) is 12.1. The Bertz CT molecular complexity index is 726. The Hall–Kier alpha value is -2.06. The first kappa shape index (κ1) is 19.3. The maximum atomic E-state index is 12.2. The lowest BCUT2D eigenvalue weighted by Crippen LogP contribution is -2.27. The molecule has 0 unspecified atom stereocenters. The minimum absolute atomic E-state index is 0.284. The van der Waals surface area contributed by atoms with Crippen LogP contribution in [0.1, 0.15) is 20.8 Å². The molecule has 0 saturated heterocycles. The van der Waals surface area contributed by atoms with E-state index in [1.54, 1.807) is 30.2 Å². The maximum Gasteiger partial charge on any atom is 0.446 e. The molecule has 0 N–H and O–H groups in total. The molecule has 0 aliphatic rings. The Morgan fingerprint density at radius 3 is 2.60 bits per heavy atom. The fourth-order valence-electron chi connectivity index (χ4n) is 1.71. The zero-order chi connectivity index (χ0) is 18.4. The summed E-state index contributed by atoms with van der Waals surface area (Å²) in [6.45, 7) is 6.36. The number of rotatable bonds is 5. The average Bonchev–Trinajstić information content (AvgIpc) is 3.05. The molecule has 0 atom stereocenters. The van der Waals surface area contributed by atoms with Gasteiger partial charge in [-0.1, -0.05) is 37.5 Å². The van der Waals surface area contributed by atoms with Crippen molar-refractivity contribution < 1.29 is 9.63 Å². The van der Waals surface area contributed by atoms with Crippen LogP contribution in [-0.2, 0) is 11.4 Å². The van der Waals surface area contributed by atoms with Crippen LogP contribution in [0.15, 0.2) is 47.0 Å². The van der Waals surface area contributed by atoms with Crippen LogP contribution in [0.3, 0.4) is 0 Å². The molecule has 0 spiro atoms. The molecule has 2 aromatic rings. The van der Waals surface area contributed by atoms with Crippen molar-refractivity contribution in [1.29, 1.82) is 0 Å². The molecule has 1 aromatic heterocycles. The quantitative estimate of drug-likeness (QED) is 0.337. The number of carbonyl (C=O) groups excluding carboxylic acids is 1. The van der Waals surface area contributed by atoms with E-state index >= 15 is 0 Å². The van der Waals surface area contributed by atoms with Crippen LogP contribution in [-0.4, -0.2) is 37.9 Å². The number of amides is 1. The lowest BCUT2D eigenvalue weighted by atomic mass is 9.90. The monoisotopic (exact) mass is 381 g/mol. The van der Waals surface area contributed by atoms with Gasteiger partial charge in [-0.05, 0) is 36.2 Å². The predicted molar refractivity (Wildman–Crippen MR) is 98.5 cm³/mol. The largest absolute Gasteiger partial charge is 0.446 e. The molecule has 7 nitrogen and oxygen atoms in total. The van der Waals surface area contributed by atoms with Gasteiger partial charge in [0.2, 0.25) is 0 Å². The number of hydrogen-bond acceptors (Lipinski definition) is 6. The van der Waals surface area contributed by atoms with Gasteiger partial charge in [0.15, 0.2) is 0 Å². The first-order valence-electron chi connectivity index (χ1n) is 7.53. The van der Waals surface area contributed by atoms with E-state index in [1.165, 1.54) is 22.6 Å². The van der Waals surface area contributed by atoms with E-state index < -0.39 is 6.09 Å². The molecule has 0 fully saturated rings. The van der Waals surface area contributed by atoms with E-state index in [0.29, 0.717) is 17.3 Å². The molecular formula is C16H20ClN5O2S. The fourth-order valence-corrected chi connectivity index (χ4v) is 2.52. The van der Waals surface area contributed by atoms with Crippen molar-refractivity contribution in [1.82, 2.24) is 19.1 Å². The summed E-state index contributed by atoms with van der Waals surface area (Å²) >= 11 is 7.08. The number of aromatic nitrogens is 3. The van der Waals surface area contributed by atoms with Crippen LogP contribution >= 0.6 is 23.5 Å². The number of halogens is 1. The van der Waals surface area contributed by atoms with Crippen molar-refractivity contribution in [3.8, 4) is 0 Å². The van der Waals surface area contributed by atoms with E-state index in [4.69, 9.17) is 16.4 Å². The lowest BCUT2D eigenvalue weighted by Gasteiger charge is -2.21. The first-order chi connectivity index (χ1) is 11.8. The summed E-state index contributed by atoms with van der Waals surface area (Å²) in [6.07, 6.45) is 2.47. The van der Waals surface area contributed by atoms with Crippen LogP contribution in [0.25, 0.3) is 0 Å². The summed E-state index contributed by atoms with van der Waals surface area (Å²) in [7, 11) is 1.62. The third-order valence-corrected chi connectivity index (χ3v) is 4.35. The van der Waals surface area contributed by atoms with Crippen LogP contribution in [0, 0.1) is 5.41 Å². The number of hydrogen-bond donors (Lipinski definition) is 0. The zero-order valence-electron chi connectivity index (χ0n) is 14.5. The summed E-state index contributed by atoms with van der Waals surface area (Å²) in [5, 5.41) is 8.74. The van der Waals surface area contributed by atoms with Gasteiger partial charge in [0.1, 0.15) is 12.7 Å². The highest BCUT2D eigenvalue weighted by Gasteiger charge is 2.22. The van der Waals surface area contributed by atoms with Gasteiger partial charge in [-0.2, -0.15) is 5.10 Å². The number of oxime groups is 1. The van der Waals surface area contributed by atoms with Gasteiger partial charge in [0, 0.05) is 22.4 Å². The molecule has 0 bridgehead atoms. The highest BCUT2D eigenvalue weighted by Crippen LogP contribution is 2.24. The SMILES string of the molecule is CN(Sc1ccc(Cl)cc1)C(=O)ON=C(Cn1cncn1)C(C)(C)C. The van der Waals surface area contributed by atoms with Crippen molar-refractivity contribution >= 4 is 35.4 Å². The molecule has 0 saturated carbocycles. The van der Waals surface area contributed by atoms with Crippen LogP contribution < -0.4 is 0 Å². The summed E-state index contributed by atoms with van der Waals surface area (Å²) in [5.74, 6) is 0. The molecule has 0 aliphatic carbocycles. The lowest BCUT2D eigenvalue weighted by molar-refractivity contribution is 0.135. The fraction of sp³-hybridized carbons (Fsp3) is 0.375. The molecule has 1 aromatic carbocycles. The van der Waals surface area contributed by atoms with Gasteiger partial charge in [-0.3, -0.25) is 4.84 Å². The molecule has 134 valence electrons. The van der Waals surface area contributed by atoms with Gasteiger partial charge in [0.25, 0.3) is 0 Å². The van der Waals surface area contributed by atoms with E-state index in [-0.39, 0.29) is 5.41 Å².